The average Bonchev–Trinajstić information content (AvgIpc) is 3.12. The lowest BCUT2D eigenvalue weighted by atomic mass is 10.0. The number of pyridine rings is 1. The highest BCUT2D eigenvalue weighted by molar-refractivity contribution is 7.91. The van der Waals surface area contributed by atoms with Crippen molar-refractivity contribution in [3.05, 3.63) is 48.8 Å². The number of hydrogen-bond acceptors (Lipinski definition) is 5. The topological polar surface area (TPSA) is 84.9 Å². The lowest BCUT2D eigenvalue weighted by molar-refractivity contribution is 0.345. The van der Waals surface area contributed by atoms with Crippen LogP contribution in [0.15, 0.2) is 53.7 Å². The standard InChI is InChI=1S/C20H19N3O3S/c1-3-26-19-15(20-22-17-9-10-21-12-18(17)23-20)8-6-13-5-7-14(11-16(13)19)27(24,25)4-2/h5-12H,3-4H2,1-2H3,(H,22,23). The van der Waals surface area contributed by atoms with E-state index in [0.717, 1.165) is 27.4 Å². The summed E-state index contributed by atoms with van der Waals surface area (Å²) in [7, 11) is -3.31. The summed E-state index contributed by atoms with van der Waals surface area (Å²) in [5.41, 5.74) is 2.42. The van der Waals surface area contributed by atoms with Crippen LogP contribution in [0.25, 0.3) is 33.2 Å². The maximum Gasteiger partial charge on any atom is 0.178 e. The molecule has 0 saturated carbocycles. The number of nitrogens with zero attached hydrogens (tertiary/aromatic N) is 2. The Hall–Kier alpha value is -2.93. The van der Waals surface area contributed by atoms with Crippen LogP contribution < -0.4 is 4.74 Å². The molecule has 0 bridgehead atoms. The predicted molar refractivity (Wildman–Crippen MR) is 106 cm³/mol. The Kier molecular flexibility index (Phi) is 4.31. The Bertz CT molecular complexity index is 1210. The van der Waals surface area contributed by atoms with Gasteiger partial charge in [0.1, 0.15) is 17.1 Å². The molecule has 7 heteroatoms. The molecule has 0 aliphatic heterocycles. The van der Waals surface area contributed by atoms with Crippen LogP contribution >= 0.6 is 0 Å². The monoisotopic (exact) mass is 381 g/mol. The molecule has 0 atom stereocenters. The van der Waals surface area contributed by atoms with Crippen LogP contribution in [-0.4, -0.2) is 35.7 Å². The summed E-state index contributed by atoms with van der Waals surface area (Å²) >= 11 is 0. The third kappa shape index (κ3) is 3.04. The van der Waals surface area contributed by atoms with Gasteiger partial charge in [0.2, 0.25) is 0 Å². The first kappa shape index (κ1) is 17.5. The second-order valence-electron chi connectivity index (χ2n) is 6.14. The van der Waals surface area contributed by atoms with Crippen LogP contribution in [0.3, 0.4) is 0 Å². The smallest absolute Gasteiger partial charge is 0.178 e. The summed E-state index contributed by atoms with van der Waals surface area (Å²) in [6.45, 7) is 4.00. The number of fused-ring (bicyclic) bond motifs is 2. The fraction of sp³-hybridized carbons (Fsp3) is 0.200. The molecule has 0 spiro atoms. The summed E-state index contributed by atoms with van der Waals surface area (Å²) in [5, 5.41) is 1.66. The molecule has 0 aliphatic carbocycles. The van der Waals surface area contributed by atoms with Crippen LogP contribution in [0.2, 0.25) is 0 Å². The van der Waals surface area contributed by atoms with Gasteiger partial charge in [-0.15, -0.1) is 0 Å². The van der Waals surface area contributed by atoms with Crippen molar-refractivity contribution >= 4 is 31.6 Å². The minimum atomic E-state index is -3.31. The highest BCUT2D eigenvalue weighted by Crippen LogP contribution is 2.37. The maximum atomic E-state index is 12.3. The van der Waals surface area contributed by atoms with E-state index in [1.807, 2.05) is 31.2 Å². The number of aromatic nitrogens is 3. The second kappa shape index (κ2) is 6.66. The van der Waals surface area contributed by atoms with Crippen molar-refractivity contribution < 1.29 is 13.2 Å². The normalized spacial score (nSPS) is 11.9. The molecule has 4 rings (SSSR count). The van der Waals surface area contributed by atoms with Crippen molar-refractivity contribution in [1.82, 2.24) is 15.0 Å². The molecule has 0 fully saturated rings. The van der Waals surface area contributed by atoms with E-state index in [-0.39, 0.29) is 5.75 Å². The largest absolute Gasteiger partial charge is 0.492 e. The minimum Gasteiger partial charge on any atom is -0.492 e. The SMILES string of the molecule is CCOc1c(-c2nc3cnccc3[nH]2)ccc2ccc(S(=O)(=O)CC)cc12. The van der Waals surface area contributed by atoms with Gasteiger partial charge >= 0.3 is 0 Å². The second-order valence-corrected chi connectivity index (χ2v) is 8.42. The molecular weight excluding hydrogens is 362 g/mol. The number of rotatable bonds is 5. The van der Waals surface area contributed by atoms with E-state index in [0.29, 0.717) is 23.1 Å². The van der Waals surface area contributed by atoms with Crippen LogP contribution in [-0.2, 0) is 9.84 Å². The van der Waals surface area contributed by atoms with Crippen molar-refractivity contribution in [1.29, 1.82) is 0 Å². The third-order valence-electron chi connectivity index (χ3n) is 4.51. The highest BCUT2D eigenvalue weighted by Gasteiger charge is 2.18. The van der Waals surface area contributed by atoms with Gasteiger partial charge in [-0.25, -0.2) is 13.4 Å². The van der Waals surface area contributed by atoms with Gasteiger partial charge in [-0.3, -0.25) is 4.98 Å². The molecular formula is C20H19N3O3S. The van der Waals surface area contributed by atoms with Gasteiger partial charge in [-0.05, 0) is 36.6 Å². The highest BCUT2D eigenvalue weighted by atomic mass is 32.2. The first-order valence-electron chi connectivity index (χ1n) is 8.76. The van der Waals surface area contributed by atoms with Crippen LogP contribution in [0.1, 0.15) is 13.8 Å². The summed E-state index contributed by atoms with van der Waals surface area (Å²) in [6, 6.07) is 10.9. The first-order valence-corrected chi connectivity index (χ1v) is 10.4. The number of sulfone groups is 1. The fourth-order valence-corrected chi connectivity index (χ4v) is 4.01. The maximum absolute atomic E-state index is 12.3. The zero-order valence-electron chi connectivity index (χ0n) is 15.1. The number of hydrogen-bond donors (Lipinski definition) is 1. The Morgan fingerprint density at radius 2 is 1.93 bits per heavy atom. The minimum absolute atomic E-state index is 0.0543. The summed E-state index contributed by atoms with van der Waals surface area (Å²) in [6.07, 6.45) is 3.40. The van der Waals surface area contributed by atoms with E-state index in [4.69, 9.17) is 4.74 Å². The van der Waals surface area contributed by atoms with E-state index < -0.39 is 9.84 Å². The zero-order chi connectivity index (χ0) is 19.0. The molecule has 0 saturated heterocycles. The van der Waals surface area contributed by atoms with Gasteiger partial charge in [0, 0.05) is 11.6 Å². The van der Waals surface area contributed by atoms with E-state index in [2.05, 4.69) is 15.0 Å². The van der Waals surface area contributed by atoms with Gasteiger partial charge in [0.15, 0.2) is 9.84 Å². The Morgan fingerprint density at radius 3 is 2.67 bits per heavy atom. The van der Waals surface area contributed by atoms with Gasteiger partial charge in [0.05, 0.1) is 34.5 Å². The summed E-state index contributed by atoms with van der Waals surface area (Å²) < 4.78 is 30.6. The molecule has 4 aromatic rings. The van der Waals surface area contributed by atoms with E-state index in [9.17, 15) is 8.42 Å². The molecule has 138 valence electrons. The van der Waals surface area contributed by atoms with Crippen LogP contribution in [0, 0.1) is 0 Å². The Balaban J connectivity index is 1.98. The zero-order valence-corrected chi connectivity index (χ0v) is 15.9. The predicted octanol–water partition coefficient (Wildman–Crippen LogP) is 3.97. The molecule has 2 aromatic carbocycles. The number of imidazole rings is 1. The van der Waals surface area contributed by atoms with E-state index in [1.54, 1.807) is 31.5 Å². The molecule has 27 heavy (non-hydrogen) atoms. The van der Waals surface area contributed by atoms with E-state index in [1.165, 1.54) is 0 Å². The van der Waals surface area contributed by atoms with Crippen molar-refractivity contribution in [3.63, 3.8) is 0 Å². The fourth-order valence-electron chi connectivity index (χ4n) is 3.10. The summed E-state index contributed by atoms with van der Waals surface area (Å²) in [5.74, 6) is 1.33. The molecule has 0 unspecified atom stereocenters. The first-order chi connectivity index (χ1) is 13.0. The van der Waals surface area contributed by atoms with Crippen molar-refractivity contribution in [2.75, 3.05) is 12.4 Å². The lowest BCUT2D eigenvalue weighted by Crippen LogP contribution is -2.04. The van der Waals surface area contributed by atoms with Crippen LogP contribution in [0.4, 0.5) is 0 Å². The number of aromatic amines is 1. The number of H-pyrrole nitrogens is 1. The molecule has 0 amide bonds. The molecule has 2 aromatic heterocycles. The molecule has 6 nitrogen and oxygen atoms in total. The summed E-state index contributed by atoms with van der Waals surface area (Å²) in [4.78, 5) is 12.3. The Morgan fingerprint density at radius 1 is 1.11 bits per heavy atom. The van der Waals surface area contributed by atoms with Gasteiger partial charge < -0.3 is 9.72 Å². The van der Waals surface area contributed by atoms with Crippen LogP contribution in [0.5, 0.6) is 5.75 Å². The molecule has 2 heterocycles. The van der Waals surface area contributed by atoms with Crippen molar-refractivity contribution in [2.24, 2.45) is 0 Å². The number of benzene rings is 2. The average molecular weight is 381 g/mol. The Labute approximate surface area is 157 Å². The third-order valence-corrected chi connectivity index (χ3v) is 6.24. The molecule has 1 N–H and O–H groups in total. The number of nitrogens with one attached hydrogen (secondary N) is 1. The van der Waals surface area contributed by atoms with E-state index >= 15 is 0 Å². The van der Waals surface area contributed by atoms with Gasteiger partial charge in [-0.1, -0.05) is 19.1 Å². The molecule has 0 aliphatic rings. The van der Waals surface area contributed by atoms with Crippen molar-refractivity contribution in [2.45, 2.75) is 18.7 Å². The van der Waals surface area contributed by atoms with Gasteiger partial charge in [0.25, 0.3) is 0 Å². The number of ether oxygens (including phenoxy) is 1. The van der Waals surface area contributed by atoms with Gasteiger partial charge in [-0.2, -0.15) is 0 Å². The lowest BCUT2D eigenvalue weighted by Gasteiger charge is -2.13. The van der Waals surface area contributed by atoms with Crippen molar-refractivity contribution in [3.8, 4) is 17.1 Å². The molecule has 0 radical (unpaired) electrons. The quantitative estimate of drug-likeness (QED) is 0.565.